The van der Waals surface area contributed by atoms with Gasteiger partial charge < -0.3 is 9.73 Å². The molecule has 4 aliphatic carbocycles. The number of H-pyrrole nitrogens is 1. The lowest BCUT2D eigenvalue weighted by atomic mass is 9.54. The molecule has 1 aromatic carbocycles. The minimum atomic E-state index is -0.378. The van der Waals surface area contributed by atoms with Gasteiger partial charge in [-0.2, -0.15) is 0 Å². The Balaban J connectivity index is 1.44. The van der Waals surface area contributed by atoms with Gasteiger partial charge in [0.15, 0.2) is 5.58 Å². The third-order valence-electron chi connectivity index (χ3n) is 5.98. The van der Waals surface area contributed by atoms with E-state index in [2.05, 4.69) is 10.3 Å². The molecule has 6 rings (SSSR count). The summed E-state index contributed by atoms with van der Waals surface area (Å²) >= 11 is 0. The fourth-order valence-corrected chi connectivity index (χ4v) is 5.40. The van der Waals surface area contributed by atoms with Gasteiger partial charge in [0.25, 0.3) is 0 Å². The van der Waals surface area contributed by atoms with E-state index in [0.717, 1.165) is 34.9 Å². The molecular formula is C17H20N2O2. The van der Waals surface area contributed by atoms with Gasteiger partial charge in [0, 0.05) is 11.7 Å². The zero-order chi connectivity index (χ0) is 14.0. The molecule has 0 spiro atoms. The number of rotatable bonds is 2. The molecule has 2 N–H and O–H groups in total. The highest BCUT2D eigenvalue weighted by atomic mass is 16.4. The zero-order valence-electron chi connectivity index (χ0n) is 12.0. The summed E-state index contributed by atoms with van der Waals surface area (Å²) in [5, 5.41) is 3.76. The summed E-state index contributed by atoms with van der Waals surface area (Å²) in [4.78, 5) is 14.0. The molecule has 1 heterocycles. The lowest BCUT2D eigenvalue weighted by Gasteiger charge is -2.54. The van der Waals surface area contributed by atoms with Crippen molar-refractivity contribution in [2.24, 2.45) is 23.7 Å². The summed E-state index contributed by atoms with van der Waals surface area (Å²) in [7, 11) is 0. The molecule has 0 aliphatic heterocycles. The Morgan fingerprint density at radius 2 is 1.76 bits per heavy atom. The standard InChI is InChI=1S/C17H20N2O2/c20-17-19-14-8-13(1-2-15(14)21-17)18-16-11-4-9-3-10(6-11)7-12(16)5-9/h1-2,8-12,16,18H,3-7H2,(H,19,20). The van der Waals surface area contributed by atoms with Crippen molar-refractivity contribution >= 4 is 16.8 Å². The second-order valence-corrected chi connectivity index (χ2v) is 7.33. The number of anilines is 1. The number of hydrogen-bond donors (Lipinski definition) is 2. The average molecular weight is 284 g/mol. The number of hydrogen-bond acceptors (Lipinski definition) is 3. The number of aromatic nitrogens is 1. The summed E-state index contributed by atoms with van der Waals surface area (Å²) in [6.45, 7) is 0. The predicted octanol–water partition coefficient (Wildman–Crippen LogP) is 3.36. The van der Waals surface area contributed by atoms with E-state index in [9.17, 15) is 4.79 Å². The van der Waals surface area contributed by atoms with Gasteiger partial charge in [-0.3, -0.25) is 4.98 Å². The van der Waals surface area contributed by atoms with Gasteiger partial charge in [-0.1, -0.05) is 0 Å². The molecule has 4 heteroatoms. The molecule has 21 heavy (non-hydrogen) atoms. The second-order valence-electron chi connectivity index (χ2n) is 7.33. The summed E-state index contributed by atoms with van der Waals surface area (Å²) < 4.78 is 5.07. The van der Waals surface area contributed by atoms with E-state index in [1.54, 1.807) is 0 Å². The van der Waals surface area contributed by atoms with Crippen LogP contribution < -0.4 is 11.1 Å². The zero-order valence-corrected chi connectivity index (χ0v) is 12.0. The van der Waals surface area contributed by atoms with E-state index >= 15 is 0 Å². The first-order chi connectivity index (χ1) is 10.2. The van der Waals surface area contributed by atoms with Crippen LogP contribution in [0.25, 0.3) is 11.1 Å². The SMILES string of the molecule is O=c1[nH]c2cc(NC3C4CC5CC(C4)CC3C5)ccc2o1. The third kappa shape index (κ3) is 1.84. The first kappa shape index (κ1) is 11.9. The van der Waals surface area contributed by atoms with Crippen LogP contribution in [0.4, 0.5) is 5.69 Å². The van der Waals surface area contributed by atoms with Gasteiger partial charge >= 0.3 is 5.76 Å². The summed E-state index contributed by atoms with van der Waals surface area (Å²) in [5.74, 6) is 3.31. The van der Waals surface area contributed by atoms with Crippen molar-refractivity contribution in [1.82, 2.24) is 4.98 Å². The Hall–Kier alpha value is -1.71. The van der Waals surface area contributed by atoms with Crippen LogP contribution in [0.5, 0.6) is 0 Å². The average Bonchev–Trinajstić information content (AvgIpc) is 2.81. The molecule has 0 amide bonds. The summed E-state index contributed by atoms with van der Waals surface area (Å²) in [5.41, 5.74) is 2.53. The van der Waals surface area contributed by atoms with E-state index in [1.165, 1.54) is 32.1 Å². The topological polar surface area (TPSA) is 58.0 Å². The van der Waals surface area contributed by atoms with Crippen LogP contribution in [-0.4, -0.2) is 11.0 Å². The molecule has 0 saturated heterocycles. The van der Waals surface area contributed by atoms with E-state index in [-0.39, 0.29) is 5.76 Å². The maximum absolute atomic E-state index is 11.2. The van der Waals surface area contributed by atoms with Gasteiger partial charge in [0.2, 0.25) is 0 Å². The van der Waals surface area contributed by atoms with Crippen molar-refractivity contribution in [3.8, 4) is 0 Å². The predicted molar refractivity (Wildman–Crippen MR) is 81.3 cm³/mol. The highest BCUT2D eigenvalue weighted by Crippen LogP contribution is 2.54. The van der Waals surface area contributed by atoms with E-state index in [4.69, 9.17) is 4.42 Å². The van der Waals surface area contributed by atoms with Gasteiger partial charge in [0.1, 0.15) is 0 Å². The molecule has 4 saturated carbocycles. The summed E-state index contributed by atoms with van der Waals surface area (Å²) in [6.07, 6.45) is 7.14. The number of benzene rings is 1. The van der Waals surface area contributed by atoms with Gasteiger partial charge in [-0.25, -0.2) is 4.79 Å². The van der Waals surface area contributed by atoms with Crippen molar-refractivity contribution in [2.75, 3.05) is 5.32 Å². The second kappa shape index (κ2) is 4.15. The van der Waals surface area contributed by atoms with Crippen LogP contribution in [0.3, 0.4) is 0 Å². The Morgan fingerprint density at radius 3 is 2.48 bits per heavy atom. The lowest BCUT2D eigenvalue weighted by molar-refractivity contribution is 0.00754. The van der Waals surface area contributed by atoms with Crippen molar-refractivity contribution in [3.05, 3.63) is 28.7 Å². The fourth-order valence-electron chi connectivity index (χ4n) is 5.40. The molecule has 2 aromatic rings. The van der Waals surface area contributed by atoms with E-state index in [1.807, 2.05) is 18.2 Å². The normalized spacial score (nSPS) is 37.2. The maximum Gasteiger partial charge on any atom is 0.417 e. The number of nitrogens with one attached hydrogen (secondary N) is 2. The highest BCUT2D eigenvalue weighted by Gasteiger charge is 2.48. The third-order valence-corrected chi connectivity index (χ3v) is 5.98. The van der Waals surface area contributed by atoms with Crippen LogP contribution in [0.2, 0.25) is 0 Å². The molecule has 110 valence electrons. The Kier molecular flexibility index (Phi) is 2.35. The van der Waals surface area contributed by atoms with Gasteiger partial charge in [0.05, 0.1) is 5.52 Å². The minimum absolute atomic E-state index is 0.378. The van der Waals surface area contributed by atoms with Crippen LogP contribution in [0.15, 0.2) is 27.4 Å². The molecule has 4 aliphatic rings. The quantitative estimate of drug-likeness (QED) is 0.889. The first-order valence-electron chi connectivity index (χ1n) is 8.14. The lowest BCUT2D eigenvalue weighted by Crippen LogP contribution is -2.51. The smallest absolute Gasteiger partial charge is 0.408 e. The largest absolute Gasteiger partial charge is 0.417 e. The molecule has 0 unspecified atom stereocenters. The van der Waals surface area contributed by atoms with Gasteiger partial charge in [-0.05, 0) is 74.0 Å². The number of oxazole rings is 1. The Labute approximate surface area is 122 Å². The minimum Gasteiger partial charge on any atom is -0.408 e. The molecule has 0 atom stereocenters. The van der Waals surface area contributed by atoms with Crippen LogP contribution in [0.1, 0.15) is 32.1 Å². The highest BCUT2D eigenvalue weighted by molar-refractivity contribution is 5.76. The molecule has 4 bridgehead atoms. The molecule has 0 radical (unpaired) electrons. The number of fused-ring (bicyclic) bond motifs is 1. The van der Waals surface area contributed by atoms with Crippen LogP contribution in [-0.2, 0) is 0 Å². The van der Waals surface area contributed by atoms with Crippen molar-refractivity contribution < 1.29 is 4.42 Å². The van der Waals surface area contributed by atoms with E-state index < -0.39 is 0 Å². The maximum atomic E-state index is 11.2. The van der Waals surface area contributed by atoms with Crippen molar-refractivity contribution in [1.29, 1.82) is 0 Å². The molecule has 1 aromatic heterocycles. The Morgan fingerprint density at radius 1 is 1.05 bits per heavy atom. The van der Waals surface area contributed by atoms with Crippen molar-refractivity contribution in [2.45, 2.75) is 38.1 Å². The molecular weight excluding hydrogens is 264 g/mol. The van der Waals surface area contributed by atoms with Gasteiger partial charge in [-0.15, -0.1) is 0 Å². The van der Waals surface area contributed by atoms with Crippen LogP contribution in [0, 0.1) is 23.7 Å². The van der Waals surface area contributed by atoms with Crippen molar-refractivity contribution in [3.63, 3.8) is 0 Å². The first-order valence-corrected chi connectivity index (χ1v) is 8.14. The van der Waals surface area contributed by atoms with Crippen LogP contribution >= 0.6 is 0 Å². The number of aromatic amines is 1. The monoisotopic (exact) mass is 284 g/mol. The Bertz CT molecular complexity index is 717. The summed E-state index contributed by atoms with van der Waals surface area (Å²) in [6, 6.07) is 6.54. The van der Waals surface area contributed by atoms with E-state index in [0.29, 0.717) is 11.6 Å². The molecule has 4 nitrogen and oxygen atoms in total. The molecule has 4 fully saturated rings. The fraction of sp³-hybridized carbons (Fsp3) is 0.588.